The number of aromatic nitrogens is 3. The lowest BCUT2D eigenvalue weighted by Gasteiger charge is -2.17. The summed E-state index contributed by atoms with van der Waals surface area (Å²) in [6.07, 6.45) is 8.63. The van der Waals surface area contributed by atoms with Crippen molar-refractivity contribution in [2.45, 2.75) is 51.2 Å². The molecule has 3 N–H and O–H groups in total. The van der Waals surface area contributed by atoms with E-state index in [4.69, 9.17) is 10.5 Å². The van der Waals surface area contributed by atoms with Crippen LogP contribution in [0.3, 0.4) is 0 Å². The number of aryl methyl sites for hydroxylation is 1. The van der Waals surface area contributed by atoms with Gasteiger partial charge in [0.25, 0.3) is 0 Å². The second-order valence-corrected chi connectivity index (χ2v) is 8.21. The highest BCUT2D eigenvalue weighted by Gasteiger charge is 2.30. The van der Waals surface area contributed by atoms with E-state index in [0.717, 1.165) is 60.2 Å². The molecular weight excluding hydrogens is 366 g/mol. The third-order valence-electron chi connectivity index (χ3n) is 5.70. The van der Waals surface area contributed by atoms with Gasteiger partial charge in [0.15, 0.2) is 5.82 Å². The van der Waals surface area contributed by atoms with Crippen LogP contribution < -0.4 is 15.8 Å². The van der Waals surface area contributed by atoms with E-state index in [1.807, 2.05) is 31.3 Å². The van der Waals surface area contributed by atoms with Crippen molar-refractivity contribution in [2.24, 2.45) is 11.7 Å². The smallest absolute Gasteiger partial charge is 0.228 e. The van der Waals surface area contributed by atoms with Crippen LogP contribution in [0.5, 0.6) is 5.75 Å². The van der Waals surface area contributed by atoms with Gasteiger partial charge in [-0.1, -0.05) is 0 Å². The first-order valence-electron chi connectivity index (χ1n) is 10.2. The first-order valence-corrected chi connectivity index (χ1v) is 10.2. The lowest BCUT2D eigenvalue weighted by molar-refractivity contribution is -0.117. The number of hydrogen-bond donors (Lipinski definition) is 2. The van der Waals surface area contributed by atoms with Crippen molar-refractivity contribution < 1.29 is 9.53 Å². The zero-order chi connectivity index (χ0) is 20.0. The molecule has 29 heavy (non-hydrogen) atoms. The van der Waals surface area contributed by atoms with E-state index in [2.05, 4.69) is 21.5 Å². The van der Waals surface area contributed by atoms with Crippen molar-refractivity contribution in [2.75, 3.05) is 5.32 Å². The molecule has 1 amide bonds. The molecule has 150 valence electrons. The van der Waals surface area contributed by atoms with Crippen molar-refractivity contribution in [1.29, 1.82) is 0 Å². The van der Waals surface area contributed by atoms with Crippen LogP contribution in [0.4, 0.5) is 5.82 Å². The van der Waals surface area contributed by atoms with E-state index in [0.29, 0.717) is 5.82 Å². The van der Waals surface area contributed by atoms with Crippen molar-refractivity contribution in [3.05, 3.63) is 42.4 Å². The highest BCUT2D eigenvalue weighted by Crippen LogP contribution is 2.34. The number of carbonyl (C=O) groups excluding carboxylic acids is 1. The molecule has 2 aliphatic carbocycles. The molecule has 0 unspecified atom stereocenters. The Balaban J connectivity index is 1.44. The van der Waals surface area contributed by atoms with Crippen molar-refractivity contribution in [3.8, 4) is 16.9 Å². The third kappa shape index (κ3) is 3.82. The minimum absolute atomic E-state index is 0.0591. The fourth-order valence-electron chi connectivity index (χ4n) is 3.92. The Kier molecular flexibility index (Phi) is 4.47. The van der Waals surface area contributed by atoms with Crippen molar-refractivity contribution in [3.63, 3.8) is 0 Å². The number of pyridine rings is 2. The van der Waals surface area contributed by atoms with Crippen LogP contribution in [0.2, 0.25) is 0 Å². The highest BCUT2D eigenvalue weighted by atomic mass is 16.5. The average Bonchev–Trinajstić information content (AvgIpc) is 3.36. The molecule has 7 nitrogen and oxygen atoms in total. The van der Waals surface area contributed by atoms with Gasteiger partial charge in [-0.15, -0.1) is 0 Å². The number of ether oxygens (including phenoxy) is 1. The van der Waals surface area contributed by atoms with E-state index >= 15 is 0 Å². The molecule has 0 saturated heterocycles. The van der Waals surface area contributed by atoms with E-state index in [9.17, 15) is 4.79 Å². The van der Waals surface area contributed by atoms with Gasteiger partial charge in [-0.3, -0.25) is 9.78 Å². The summed E-state index contributed by atoms with van der Waals surface area (Å²) in [5, 5.41) is 7.36. The summed E-state index contributed by atoms with van der Waals surface area (Å²) in [6, 6.07) is 8.22. The molecule has 3 aromatic rings. The SMILES string of the molecule is Cc1cc(-c2ccn3nc(NC(=O)C4CC4)cc3c2)c(O[C@@H]2CC[C@H](N)C2)cn1. The second kappa shape index (κ2) is 7.15. The minimum atomic E-state index is 0.0591. The zero-order valence-electron chi connectivity index (χ0n) is 16.5. The Morgan fingerprint density at radius 2 is 2.10 bits per heavy atom. The maximum absolute atomic E-state index is 12.0. The average molecular weight is 391 g/mol. The summed E-state index contributed by atoms with van der Waals surface area (Å²) >= 11 is 0. The van der Waals surface area contributed by atoms with Crippen LogP contribution in [0, 0.1) is 12.8 Å². The summed E-state index contributed by atoms with van der Waals surface area (Å²) in [4.78, 5) is 16.4. The number of rotatable bonds is 5. The topological polar surface area (TPSA) is 94.5 Å². The molecule has 0 radical (unpaired) electrons. The number of nitrogens with one attached hydrogen (secondary N) is 1. The molecule has 0 aliphatic heterocycles. The van der Waals surface area contributed by atoms with Crippen LogP contribution in [0.15, 0.2) is 36.7 Å². The molecule has 2 aliphatic rings. The summed E-state index contributed by atoms with van der Waals surface area (Å²) in [7, 11) is 0. The Morgan fingerprint density at radius 1 is 1.24 bits per heavy atom. The summed E-state index contributed by atoms with van der Waals surface area (Å²) in [5.41, 5.74) is 9.92. The number of anilines is 1. The molecule has 0 bridgehead atoms. The number of carbonyl (C=O) groups is 1. The number of nitrogens with zero attached hydrogens (tertiary/aromatic N) is 3. The van der Waals surface area contributed by atoms with Gasteiger partial charge in [-0.25, -0.2) is 4.52 Å². The lowest BCUT2D eigenvalue weighted by Crippen LogP contribution is -2.19. The van der Waals surface area contributed by atoms with Gasteiger partial charge in [-0.05, 0) is 62.8 Å². The van der Waals surface area contributed by atoms with Crippen LogP contribution >= 0.6 is 0 Å². The van der Waals surface area contributed by atoms with E-state index in [1.54, 1.807) is 10.7 Å². The number of hydrogen-bond acceptors (Lipinski definition) is 5. The fraction of sp³-hybridized carbons (Fsp3) is 0.409. The Hall–Kier alpha value is -2.93. The van der Waals surface area contributed by atoms with Crippen molar-refractivity contribution >= 4 is 17.2 Å². The summed E-state index contributed by atoms with van der Waals surface area (Å²) in [6.45, 7) is 1.97. The fourth-order valence-corrected chi connectivity index (χ4v) is 3.92. The Labute approximate surface area is 169 Å². The highest BCUT2D eigenvalue weighted by molar-refractivity contribution is 5.93. The number of fused-ring (bicyclic) bond motifs is 1. The Bertz CT molecular complexity index is 1070. The maximum Gasteiger partial charge on any atom is 0.228 e. The van der Waals surface area contributed by atoms with Gasteiger partial charge in [0.1, 0.15) is 11.9 Å². The summed E-state index contributed by atoms with van der Waals surface area (Å²) < 4.78 is 8.04. The quantitative estimate of drug-likeness (QED) is 0.696. The van der Waals surface area contributed by atoms with Crippen LogP contribution in [-0.4, -0.2) is 32.7 Å². The zero-order valence-corrected chi connectivity index (χ0v) is 16.5. The number of nitrogens with two attached hydrogens (primary N) is 1. The molecule has 5 rings (SSSR count). The second-order valence-electron chi connectivity index (χ2n) is 8.21. The molecule has 0 spiro atoms. The first-order chi connectivity index (χ1) is 14.0. The number of amides is 1. The van der Waals surface area contributed by atoms with Gasteiger partial charge in [-0.2, -0.15) is 5.10 Å². The van der Waals surface area contributed by atoms with Crippen LogP contribution in [0.25, 0.3) is 16.6 Å². The van der Waals surface area contributed by atoms with E-state index in [-0.39, 0.29) is 24.0 Å². The van der Waals surface area contributed by atoms with Crippen LogP contribution in [0.1, 0.15) is 37.8 Å². The summed E-state index contributed by atoms with van der Waals surface area (Å²) in [5.74, 6) is 1.57. The van der Waals surface area contributed by atoms with Gasteiger partial charge < -0.3 is 15.8 Å². The molecule has 0 aromatic carbocycles. The third-order valence-corrected chi connectivity index (χ3v) is 5.70. The van der Waals surface area contributed by atoms with Gasteiger partial charge in [0, 0.05) is 35.5 Å². The molecule has 2 fully saturated rings. The van der Waals surface area contributed by atoms with E-state index < -0.39 is 0 Å². The normalized spacial score (nSPS) is 21.4. The predicted molar refractivity (Wildman–Crippen MR) is 111 cm³/mol. The van der Waals surface area contributed by atoms with Gasteiger partial charge in [0.2, 0.25) is 5.91 Å². The van der Waals surface area contributed by atoms with E-state index in [1.165, 1.54) is 0 Å². The monoisotopic (exact) mass is 391 g/mol. The first kappa shape index (κ1) is 18.1. The Morgan fingerprint density at radius 3 is 2.86 bits per heavy atom. The molecule has 2 atom stereocenters. The molecular formula is C22H25N5O2. The lowest BCUT2D eigenvalue weighted by atomic mass is 10.1. The molecule has 2 saturated carbocycles. The van der Waals surface area contributed by atoms with Gasteiger partial charge in [0.05, 0.1) is 11.7 Å². The van der Waals surface area contributed by atoms with Crippen molar-refractivity contribution in [1.82, 2.24) is 14.6 Å². The standard InChI is InChI=1S/C22H25N5O2/c1-13-8-19(20(12-24-13)29-18-5-4-16(23)10-18)15-6-7-27-17(9-15)11-21(26-27)25-22(28)14-2-3-14/h6-9,11-12,14,16,18H,2-5,10,23H2,1H3,(H,25,26,28)/t16-,18+/m0/s1. The predicted octanol–water partition coefficient (Wildman–Crippen LogP) is 3.31. The maximum atomic E-state index is 12.0. The largest absolute Gasteiger partial charge is 0.488 e. The van der Waals surface area contributed by atoms with Crippen LogP contribution in [-0.2, 0) is 4.79 Å². The van der Waals surface area contributed by atoms with Gasteiger partial charge >= 0.3 is 0 Å². The molecule has 7 heteroatoms. The molecule has 3 heterocycles. The molecule has 3 aromatic heterocycles. The minimum Gasteiger partial charge on any atom is -0.488 e.